The van der Waals surface area contributed by atoms with E-state index >= 15 is 0 Å². The van der Waals surface area contributed by atoms with Crippen LogP contribution in [0.15, 0.2) is 30.9 Å². The molecule has 2 N–H and O–H groups in total. The Bertz CT molecular complexity index is 478. The van der Waals surface area contributed by atoms with E-state index in [9.17, 15) is 0 Å². The van der Waals surface area contributed by atoms with Gasteiger partial charge in [-0.1, -0.05) is 0 Å². The highest BCUT2D eigenvalue weighted by molar-refractivity contribution is 14.1. The van der Waals surface area contributed by atoms with Gasteiger partial charge in [-0.05, 0) is 47.6 Å². The maximum atomic E-state index is 5.77. The second-order valence-corrected chi connectivity index (χ2v) is 5.08. The number of halogens is 1. The van der Waals surface area contributed by atoms with Gasteiger partial charge in [-0.15, -0.1) is 0 Å². The summed E-state index contributed by atoms with van der Waals surface area (Å²) in [6.45, 7) is 1.99. The lowest BCUT2D eigenvalue weighted by Gasteiger charge is -2.06. The largest absolute Gasteiger partial charge is 0.328 e. The Morgan fingerprint density at radius 2 is 2.25 bits per heavy atom. The lowest BCUT2D eigenvalue weighted by atomic mass is 10.1. The Morgan fingerprint density at radius 3 is 2.88 bits per heavy atom. The van der Waals surface area contributed by atoms with Crippen molar-refractivity contribution < 1.29 is 0 Å². The van der Waals surface area contributed by atoms with Gasteiger partial charge < -0.3 is 5.73 Å². The minimum Gasteiger partial charge on any atom is -0.328 e. The van der Waals surface area contributed by atoms with Gasteiger partial charge in [-0.3, -0.25) is 4.98 Å². The summed E-state index contributed by atoms with van der Waals surface area (Å²) in [5, 5.41) is 4.24. The van der Waals surface area contributed by atoms with Crippen molar-refractivity contribution in [2.45, 2.75) is 19.4 Å². The van der Waals surface area contributed by atoms with Crippen molar-refractivity contribution in [3.63, 3.8) is 0 Å². The topological polar surface area (TPSA) is 56.7 Å². The highest BCUT2D eigenvalue weighted by Gasteiger charge is 2.03. The van der Waals surface area contributed by atoms with Gasteiger partial charge in [0, 0.05) is 18.4 Å². The number of aromatic nitrogens is 3. The highest BCUT2D eigenvalue weighted by Crippen LogP contribution is 2.11. The number of hydrogen-bond acceptors (Lipinski definition) is 3. The van der Waals surface area contributed by atoms with Crippen molar-refractivity contribution in [3.8, 4) is 5.69 Å². The summed E-state index contributed by atoms with van der Waals surface area (Å²) in [4.78, 5) is 4.20. The van der Waals surface area contributed by atoms with Gasteiger partial charge in [0.05, 0.1) is 21.7 Å². The molecule has 2 aromatic rings. The second-order valence-electron chi connectivity index (χ2n) is 3.84. The van der Waals surface area contributed by atoms with Crippen molar-refractivity contribution >= 4 is 22.6 Å². The van der Waals surface area contributed by atoms with Gasteiger partial charge >= 0.3 is 0 Å². The van der Waals surface area contributed by atoms with Gasteiger partial charge in [-0.25, -0.2) is 4.68 Å². The van der Waals surface area contributed by atoms with Crippen LogP contribution < -0.4 is 5.73 Å². The molecule has 0 aliphatic rings. The van der Waals surface area contributed by atoms with Crippen LogP contribution in [0.5, 0.6) is 0 Å². The summed E-state index contributed by atoms with van der Waals surface area (Å²) in [7, 11) is 0. The zero-order valence-corrected chi connectivity index (χ0v) is 11.1. The maximum Gasteiger partial charge on any atom is 0.0831 e. The SMILES string of the molecule is CC(N)Cc1cncc(-n2cc(I)cn2)c1. The summed E-state index contributed by atoms with van der Waals surface area (Å²) in [6.07, 6.45) is 8.26. The van der Waals surface area contributed by atoms with Crippen molar-refractivity contribution in [3.05, 3.63) is 40.0 Å². The van der Waals surface area contributed by atoms with Crippen LogP contribution >= 0.6 is 22.6 Å². The number of nitrogens with two attached hydrogens (primary N) is 1. The molecule has 0 aliphatic carbocycles. The molecule has 1 atom stereocenters. The van der Waals surface area contributed by atoms with E-state index in [2.05, 4.69) is 38.7 Å². The summed E-state index contributed by atoms with van der Waals surface area (Å²) >= 11 is 2.23. The van der Waals surface area contributed by atoms with E-state index in [1.165, 1.54) is 0 Å². The van der Waals surface area contributed by atoms with Crippen LogP contribution in [-0.4, -0.2) is 20.8 Å². The smallest absolute Gasteiger partial charge is 0.0831 e. The minimum absolute atomic E-state index is 0.148. The maximum absolute atomic E-state index is 5.77. The van der Waals surface area contributed by atoms with E-state index < -0.39 is 0 Å². The standard InChI is InChI=1S/C11H13IN4/c1-8(13)2-9-3-11(6-14-4-9)16-7-10(12)5-15-16/h3-8H,2,13H2,1H3. The number of rotatable bonds is 3. The molecule has 0 saturated heterocycles. The normalized spacial score (nSPS) is 12.7. The Hall–Kier alpha value is -0.950. The van der Waals surface area contributed by atoms with E-state index in [4.69, 9.17) is 5.73 Å². The molecular formula is C11H13IN4. The van der Waals surface area contributed by atoms with Crippen LogP contribution in [0.3, 0.4) is 0 Å². The Kier molecular flexibility index (Phi) is 3.55. The van der Waals surface area contributed by atoms with E-state index in [1.54, 1.807) is 6.20 Å². The summed E-state index contributed by atoms with van der Waals surface area (Å²) < 4.78 is 2.93. The predicted molar refractivity (Wildman–Crippen MR) is 71.4 cm³/mol. The van der Waals surface area contributed by atoms with Crippen LogP contribution in [0.1, 0.15) is 12.5 Å². The van der Waals surface area contributed by atoms with Crippen molar-refractivity contribution in [2.75, 3.05) is 0 Å². The lowest BCUT2D eigenvalue weighted by molar-refractivity contribution is 0.733. The molecule has 0 bridgehead atoms. The highest BCUT2D eigenvalue weighted by atomic mass is 127. The molecule has 16 heavy (non-hydrogen) atoms. The molecule has 84 valence electrons. The van der Waals surface area contributed by atoms with Crippen LogP contribution in [0.4, 0.5) is 0 Å². The van der Waals surface area contributed by atoms with Crippen molar-refractivity contribution in [2.24, 2.45) is 5.73 Å². The number of nitrogens with zero attached hydrogens (tertiary/aromatic N) is 3. The second kappa shape index (κ2) is 4.92. The molecule has 0 saturated carbocycles. The fourth-order valence-electron chi connectivity index (χ4n) is 1.52. The van der Waals surface area contributed by atoms with Crippen LogP contribution in [-0.2, 0) is 6.42 Å². The summed E-state index contributed by atoms with van der Waals surface area (Å²) in [5.74, 6) is 0. The molecule has 5 heteroatoms. The van der Waals surface area contributed by atoms with E-state index in [0.717, 1.165) is 21.2 Å². The average Bonchev–Trinajstić information content (AvgIpc) is 2.64. The fourth-order valence-corrected chi connectivity index (χ4v) is 1.91. The third-order valence-electron chi connectivity index (χ3n) is 2.15. The van der Waals surface area contributed by atoms with Gasteiger partial charge in [0.2, 0.25) is 0 Å². The minimum atomic E-state index is 0.148. The van der Waals surface area contributed by atoms with Crippen molar-refractivity contribution in [1.29, 1.82) is 0 Å². The molecule has 0 fully saturated rings. The van der Waals surface area contributed by atoms with Crippen LogP contribution in [0.2, 0.25) is 0 Å². The Balaban J connectivity index is 2.28. The van der Waals surface area contributed by atoms with Crippen molar-refractivity contribution in [1.82, 2.24) is 14.8 Å². The Labute approximate surface area is 108 Å². The number of hydrogen-bond donors (Lipinski definition) is 1. The lowest BCUT2D eigenvalue weighted by Crippen LogP contribution is -2.18. The molecule has 4 nitrogen and oxygen atoms in total. The summed E-state index contributed by atoms with van der Waals surface area (Å²) in [5.41, 5.74) is 7.88. The monoisotopic (exact) mass is 328 g/mol. The first-order valence-corrected chi connectivity index (χ1v) is 6.13. The first kappa shape index (κ1) is 11.5. The van der Waals surface area contributed by atoms with Gasteiger partial charge in [0.15, 0.2) is 0 Å². The molecule has 0 amide bonds. The third kappa shape index (κ3) is 2.79. The number of pyridine rings is 1. The molecular weight excluding hydrogens is 315 g/mol. The first-order chi connectivity index (χ1) is 7.65. The van der Waals surface area contributed by atoms with Crippen LogP contribution in [0, 0.1) is 3.57 Å². The average molecular weight is 328 g/mol. The molecule has 2 rings (SSSR count). The fraction of sp³-hybridized carbons (Fsp3) is 0.273. The van der Waals surface area contributed by atoms with E-state index in [1.807, 2.05) is 30.2 Å². The molecule has 0 radical (unpaired) electrons. The molecule has 0 aromatic carbocycles. The molecule has 2 heterocycles. The van der Waals surface area contributed by atoms with Crippen LogP contribution in [0.25, 0.3) is 5.69 Å². The predicted octanol–water partition coefficient (Wildman–Crippen LogP) is 1.76. The summed E-state index contributed by atoms with van der Waals surface area (Å²) in [6, 6.07) is 2.22. The van der Waals surface area contributed by atoms with E-state index in [-0.39, 0.29) is 6.04 Å². The molecule has 0 aliphatic heterocycles. The molecule has 1 unspecified atom stereocenters. The first-order valence-electron chi connectivity index (χ1n) is 5.05. The van der Waals surface area contributed by atoms with Gasteiger partial charge in [0.25, 0.3) is 0 Å². The Morgan fingerprint density at radius 1 is 1.44 bits per heavy atom. The van der Waals surface area contributed by atoms with Gasteiger partial charge in [-0.2, -0.15) is 5.10 Å². The third-order valence-corrected chi connectivity index (χ3v) is 2.71. The zero-order chi connectivity index (χ0) is 11.5. The molecule has 0 spiro atoms. The van der Waals surface area contributed by atoms with Gasteiger partial charge in [0.1, 0.15) is 0 Å². The van der Waals surface area contributed by atoms with E-state index in [0.29, 0.717) is 0 Å². The quantitative estimate of drug-likeness (QED) is 0.874. The molecule has 2 aromatic heterocycles. The zero-order valence-electron chi connectivity index (χ0n) is 8.97.